The van der Waals surface area contributed by atoms with Crippen LogP contribution in [0.5, 0.6) is 5.75 Å². The van der Waals surface area contributed by atoms with Crippen LogP contribution in [0.4, 0.5) is 5.69 Å². The third kappa shape index (κ3) is 4.65. The molecule has 0 spiro atoms. The smallest absolute Gasteiger partial charge is 0.272 e. The molecule has 5 rings (SSSR count). The van der Waals surface area contributed by atoms with Crippen LogP contribution in [-0.2, 0) is 0 Å². The van der Waals surface area contributed by atoms with Crippen molar-refractivity contribution < 1.29 is 4.74 Å². The van der Waals surface area contributed by atoms with Gasteiger partial charge in [-0.05, 0) is 55.8 Å². The quantitative estimate of drug-likeness (QED) is 0.440. The molecule has 0 radical (unpaired) electrons. The number of aromatic nitrogens is 2. The van der Waals surface area contributed by atoms with E-state index in [-0.39, 0.29) is 13.0 Å². The molecule has 2 aromatic carbocycles. The minimum absolute atomic E-state index is 0. The Labute approximate surface area is 189 Å². The maximum atomic E-state index is 12.2. The lowest BCUT2D eigenvalue weighted by Gasteiger charge is -2.36. The van der Waals surface area contributed by atoms with Gasteiger partial charge < -0.3 is 19.0 Å². The number of nitrogens with zero attached hydrogens (tertiary/aromatic N) is 3. The van der Waals surface area contributed by atoms with Crippen molar-refractivity contribution in [2.45, 2.75) is 20.3 Å². The van der Waals surface area contributed by atoms with Crippen molar-refractivity contribution >= 4 is 22.2 Å². The standard InChI is InChI=1S/C25H28N4O2.CH4/c30-25-24-9-6-13-29(24)23-11-10-21(19-22(23)26-25)31-18-5-4-12-27-14-16-28(17-15-27)20-7-2-1-3-8-20;/h1-3,6-11,13,19H,4-5,12,14-18H2,(H,26,30);1H4. The summed E-state index contributed by atoms with van der Waals surface area (Å²) in [5.74, 6) is 0.797. The highest BCUT2D eigenvalue weighted by molar-refractivity contribution is 5.79. The fourth-order valence-corrected chi connectivity index (χ4v) is 4.37. The molecule has 0 saturated carbocycles. The molecule has 0 unspecified atom stereocenters. The van der Waals surface area contributed by atoms with E-state index < -0.39 is 0 Å². The van der Waals surface area contributed by atoms with Gasteiger partial charge in [-0.15, -0.1) is 0 Å². The van der Waals surface area contributed by atoms with Gasteiger partial charge >= 0.3 is 0 Å². The number of hydrogen-bond acceptors (Lipinski definition) is 4. The maximum Gasteiger partial charge on any atom is 0.272 e. The van der Waals surface area contributed by atoms with Gasteiger partial charge in [0.1, 0.15) is 11.3 Å². The summed E-state index contributed by atoms with van der Waals surface area (Å²) in [6.45, 7) is 6.20. The van der Waals surface area contributed by atoms with E-state index in [0.29, 0.717) is 12.1 Å². The zero-order valence-electron chi connectivity index (χ0n) is 17.7. The monoisotopic (exact) mass is 432 g/mol. The summed E-state index contributed by atoms with van der Waals surface area (Å²) in [6, 6.07) is 20.3. The fraction of sp³-hybridized carbons (Fsp3) is 0.346. The molecule has 6 heteroatoms. The first-order chi connectivity index (χ1) is 15.3. The third-order valence-electron chi connectivity index (χ3n) is 6.09. The SMILES string of the molecule is C.O=c1[nH]c2cc(OCCCCN3CCN(c4ccccc4)CC3)ccc2n2cccc12. The number of nitrogens with one attached hydrogen (secondary N) is 1. The summed E-state index contributed by atoms with van der Waals surface area (Å²) >= 11 is 0. The van der Waals surface area contributed by atoms with Gasteiger partial charge in [0.15, 0.2) is 0 Å². The van der Waals surface area contributed by atoms with Crippen LogP contribution in [0.1, 0.15) is 20.3 Å². The van der Waals surface area contributed by atoms with Crippen LogP contribution in [-0.4, -0.2) is 53.6 Å². The number of anilines is 1. The zero-order chi connectivity index (χ0) is 21.0. The molecule has 3 heterocycles. The minimum atomic E-state index is -0.0815. The molecular weight excluding hydrogens is 400 g/mol. The molecule has 6 nitrogen and oxygen atoms in total. The third-order valence-corrected chi connectivity index (χ3v) is 6.09. The summed E-state index contributed by atoms with van der Waals surface area (Å²) in [5, 5.41) is 0. The van der Waals surface area contributed by atoms with E-state index in [1.54, 1.807) is 0 Å². The average molecular weight is 433 g/mol. The highest BCUT2D eigenvalue weighted by atomic mass is 16.5. The van der Waals surface area contributed by atoms with E-state index in [4.69, 9.17) is 4.74 Å². The first kappa shape index (κ1) is 22.0. The lowest BCUT2D eigenvalue weighted by Crippen LogP contribution is -2.46. The predicted octanol–water partition coefficient (Wildman–Crippen LogP) is 4.40. The van der Waals surface area contributed by atoms with Crippen LogP contribution >= 0.6 is 0 Å². The van der Waals surface area contributed by atoms with Gasteiger partial charge in [-0.25, -0.2) is 0 Å². The van der Waals surface area contributed by atoms with Gasteiger partial charge in [-0.1, -0.05) is 25.6 Å². The molecular formula is C26H32N4O2. The van der Waals surface area contributed by atoms with Crippen molar-refractivity contribution in [3.05, 3.63) is 77.2 Å². The van der Waals surface area contributed by atoms with Crippen LogP contribution in [0.3, 0.4) is 0 Å². The minimum Gasteiger partial charge on any atom is -0.494 e. The van der Waals surface area contributed by atoms with Gasteiger partial charge in [0.25, 0.3) is 5.56 Å². The Morgan fingerprint density at radius 2 is 1.69 bits per heavy atom. The summed E-state index contributed by atoms with van der Waals surface area (Å²) in [4.78, 5) is 20.2. The van der Waals surface area contributed by atoms with Crippen molar-refractivity contribution in [3.8, 4) is 5.75 Å². The van der Waals surface area contributed by atoms with Crippen LogP contribution in [0.25, 0.3) is 16.6 Å². The van der Waals surface area contributed by atoms with Crippen LogP contribution in [0.15, 0.2) is 71.7 Å². The van der Waals surface area contributed by atoms with E-state index in [0.717, 1.165) is 62.3 Å². The number of para-hydroxylation sites is 1. The Morgan fingerprint density at radius 3 is 2.50 bits per heavy atom. The summed E-state index contributed by atoms with van der Waals surface area (Å²) in [6.07, 6.45) is 4.05. The number of piperazine rings is 1. The number of ether oxygens (including phenoxy) is 1. The van der Waals surface area contributed by atoms with Crippen molar-refractivity contribution in [3.63, 3.8) is 0 Å². The molecule has 1 saturated heterocycles. The Balaban J connectivity index is 0.00000245. The average Bonchev–Trinajstić information content (AvgIpc) is 3.31. The highest BCUT2D eigenvalue weighted by Gasteiger charge is 2.16. The summed E-state index contributed by atoms with van der Waals surface area (Å²) in [5.41, 5.74) is 3.67. The highest BCUT2D eigenvalue weighted by Crippen LogP contribution is 2.20. The number of hydrogen-bond donors (Lipinski definition) is 1. The van der Waals surface area contributed by atoms with Crippen molar-refractivity contribution in [2.75, 3.05) is 44.2 Å². The molecule has 1 aliphatic heterocycles. The Morgan fingerprint density at radius 1 is 0.875 bits per heavy atom. The molecule has 0 aliphatic carbocycles. The summed E-state index contributed by atoms with van der Waals surface area (Å²) in [7, 11) is 0. The lowest BCUT2D eigenvalue weighted by molar-refractivity contribution is 0.238. The maximum absolute atomic E-state index is 12.2. The normalized spacial score (nSPS) is 14.6. The van der Waals surface area contributed by atoms with Crippen LogP contribution < -0.4 is 15.2 Å². The molecule has 1 fully saturated rings. The second kappa shape index (κ2) is 9.92. The van der Waals surface area contributed by atoms with E-state index in [1.165, 1.54) is 5.69 Å². The van der Waals surface area contributed by atoms with Gasteiger partial charge in [0, 0.05) is 44.1 Å². The van der Waals surface area contributed by atoms with Gasteiger partial charge in [-0.3, -0.25) is 9.69 Å². The first-order valence-corrected chi connectivity index (χ1v) is 11.1. The number of H-pyrrole nitrogens is 1. The molecule has 168 valence electrons. The topological polar surface area (TPSA) is 53.0 Å². The lowest BCUT2D eigenvalue weighted by atomic mass is 10.2. The number of rotatable bonds is 7. The molecule has 0 amide bonds. The largest absolute Gasteiger partial charge is 0.494 e. The molecule has 2 aromatic heterocycles. The molecule has 4 aromatic rings. The van der Waals surface area contributed by atoms with Crippen LogP contribution in [0.2, 0.25) is 0 Å². The first-order valence-electron chi connectivity index (χ1n) is 11.1. The Bertz CT molecular complexity index is 1210. The molecule has 1 N–H and O–H groups in total. The molecule has 0 atom stereocenters. The second-order valence-corrected chi connectivity index (χ2v) is 8.12. The Hall–Kier alpha value is -3.25. The van der Waals surface area contributed by atoms with Crippen LogP contribution in [0, 0.1) is 0 Å². The van der Waals surface area contributed by atoms with Crippen molar-refractivity contribution in [1.82, 2.24) is 14.3 Å². The van der Waals surface area contributed by atoms with E-state index in [2.05, 4.69) is 45.1 Å². The molecule has 32 heavy (non-hydrogen) atoms. The Kier molecular flexibility index (Phi) is 6.81. The van der Waals surface area contributed by atoms with E-state index >= 15 is 0 Å². The summed E-state index contributed by atoms with van der Waals surface area (Å²) < 4.78 is 7.87. The number of benzene rings is 2. The van der Waals surface area contributed by atoms with Gasteiger partial charge in [0.2, 0.25) is 0 Å². The zero-order valence-corrected chi connectivity index (χ0v) is 17.7. The number of fused-ring (bicyclic) bond motifs is 3. The molecule has 1 aliphatic rings. The van der Waals surface area contributed by atoms with Gasteiger partial charge in [0.05, 0.1) is 17.6 Å². The second-order valence-electron chi connectivity index (χ2n) is 8.12. The van der Waals surface area contributed by atoms with Crippen molar-refractivity contribution in [2.24, 2.45) is 0 Å². The van der Waals surface area contributed by atoms with E-state index in [1.807, 2.05) is 40.9 Å². The number of aromatic amines is 1. The molecule has 0 bridgehead atoms. The fourth-order valence-electron chi connectivity index (χ4n) is 4.37. The predicted molar refractivity (Wildman–Crippen MR) is 132 cm³/mol. The van der Waals surface area contributed by atoms with Gasteiger partial charge in [-0.2, -0.15) is 0 Å². The van der Waals surface area contributed by atoms with E-state index in [9.17, 15) is 4.79 Å². The number of unbranched alkanes of at least 4 members (excludes halogenated alkanes) is 1. The van der Waals surface area contributed by atoms with Crippen molar-refractivity contribution in [1.29, 1.82) is 0 Å².